The molecule has 1 unspecified atom stereocenters. The third-order valence-electron chi connectivity index (χ3n) is 4.17. The summed E-state index contributed by atoms with van der Waals surface area (Å²) in [7, 11) is 0. The van der Waals surface area contributed by atoms with E-state index < -0.39 is 24.0 Å². The van der Waals surface area contributed by atoms with Gasteiger partial charge in [0.15, 0.2) is 11.5 Å². The van der Waals surface area contributed by atoms with Crippen molar-refractivity contribution in [3.05, 3.63) is 23.8 Å². The summed E-state index contributed by atoms with van der Waals surface area (Å²) in [6.45, 7) is 2.12. The highest BCUT2D eigenvalue weighted by Crippen LogP contribution is 2.25. The smallest absolute Gasteiger partial charge is 0.326 e. The average Bonchev–Trinajstić information content (AvgIpc) is 2.57. The zero-order valence-corrected chi connectivity index (χ0v) is 15.1. The van der Waals surface area contributed by atoms with Gasteiger partial charge in [-0.2, -0.15) is 0 Å². The van der Waals surface area contributed by atoms with Crippen molar-refractivity contribution in [3.8, 4) is 11.5 Å². The maximum atomic E-state index is 12.0. The highest BCUT2D eigenvalue weighted by Gasteiger charge is 2.22. The number of hydrogen-bond acceptors (Lipinski definition) is 5. The Bertz CT molecular complexity index is 589. The number of carboxylic acids is 1. The van der Waals surface area contributed by atoms with E-state index in [4.69, 9.17) is 0 Å². The number of amides is 1. The molecule has 1 aromatic rings. The molecule has 0 saturated carbocycles. The van der Waals surface area contributed by atoms with Crippen LogP contribution in [0.4, 0.5) is 0 Å². The van der Waals surface area contributed by atoms with Crippen LogP contribution in [0.15, 0.2) is 18.2 Å². The Kier molecular flexibility index (Phi) is 9.51. The third kappa shape index (κ3) is 8.20. The number of benzene rings is 1. The van der Waals surface area contributed by atoms with E-state index in [1.165, 1.54) is 18.2 Å². The molecule has 0 fully saturated rings. The molecule has 0 spiro atoms. The number of aromatic hydroxyl groups is 2. The lowest BCUT2D eigenvalue weighted by Crippen LogP contribution is -2.43. The number of phenolic OH excluding ortho intramolecular Hbond substituents is 2. The van der Waals surface area contributed by atoms with Crippen molar-refractivity contribution in [1.82, 2.24) is 5.32 Å². The van der Waals surface area contributed by atoms with Gasteiger partial charge in [0.25, 0.3) is 0 Å². The summed E-state index contributed by atoms with van der Waals surface area (Å²) < 4.78 is 0. The predicted molar refractivity (Wildman–Crippen MR) is 97.0 cm³/mol. The van der Waals surface area contributed by atoms with Crippen LogP contribution in [0.1, 0.15) is 57.4 Å². The van der Waals surface area contributed by atoms with Crippen LogP contribution in [0, 0.1) is 0 Å². The molecule has 1 aromatic carbocycles. The van der Waals surface area contributed by atoms with E-state index >= 15 is 0 Å². The van der Waals surface area contributed by atoms with Crippen LogP contribution in [0.5, 0.6) is 11.5 Å². The molecule has 0 saturated heterocycles. The number of aliphatic carboxylic acids is 1. The average molecular weight is 367 g/mol. The van der Waals surface area contributed by atoms with Gasteiger partial charge in [0.05, 0.1) is 12.5 Å². The van der Waals surface area contributed by atoms with E-state index in [1.54, 1.807) is 0 Å². The van der Waals surface area contributed by atoms with Crippen LogP contribution in [-0.4, -0.2) is 44.4 Å². The quantitative estimate of drug-likeness (QED) is 0.285. The van der Waals surface area contributed by atoms with Gasteiger partial charge >= 0.3 is 5.97 Å². The summed E-state index contributed by atoms with van der Waals surface area (Å²) in [6.07, 6.45) is 4.79. The first-order valence-electron chi connectivity index (χ1n) is 9.04. The Morgan fingerprint density at radius 3 is 2.38 bits per heavy atom. The molecule has 5 N–H and O–H groups in total. The Balaban J connectivity index is 2.46. The fourth-order valence-electron chi connectivity index (χ4n) is 2.68. The number of nitrogens with one attached hydrogen (secondary N) is 1. The van der Waals surface area contributed by atoms with Gasteiger partial charge in [0, 0.05) is 6.42 Å². The van der Waals surface area contributed by atoms with E-state index in [9.17, 15) is 30.0 Å². The Morgan fingerprint density at radius 1 is 1.08 bits per heavy atom. The lowest BCUT2D eigenvalue weighted by Gasteiger charge is -2.16. The maximum absolute atomic E-state index is 12.0. The number of aliphatic hydroxyl groups excluding tert-OH is 1. The van der Waals surface area contributed by atoms with E-state index in [1.807, 2.05) is 0 Å². The topological polar surface area (TPSA) is 127 Å². The van der Waals surface area contributed by atoms with Gasteiger partial charge in [-0.25, -0.2) is 4.79 Å². The second kappa shape index (κ2) is 11.4. The van der Waals surface area contributed by atoms with Gasteiger partial charge in [-0.1, -0.05) is 45.1 Å². The summed E-state index contributed by atoms with van der Waals surface area (Å²) in [5.74, 6) is -2.38. The maximum Gasteiger partial charge on any atom is 0.326 e. The molecule has 0 aliphatic rings. The standard InChI is InChI=1S/C19H29NO6/c1-2-3-4-5-6-7-14(21)12-18(24)20-15(19(25)26)10-13-8-9-16(22)17(23)11-13/h8-9,11,14-15,21-23H,2-7,10,12H2,1H3,(H,20,24)(H,25,26)/t14?,15-/m1/s1. The second-order valence-corrected chi connectivity index (χ2v) is 6.55. The minimum atomic E-state index is -1.21. The first-order chi connectivity index (χ1) is 12.3. The van der Waals surface area contributed by atoms with Gasteiger partial charge in [0.1, 0.15) is 6.04 Å². The van der Waals surface area contributed by atoms with Crippen molar-refractivity contribution in [2.24, 2.45) is 0 Å². The fourth-order valence-corrected chi connectivity index (χ4v) is 2.68. The Hall–Kier alpha value is -2.28. The Labute approximate surface area is 153 Å². The number of carboxylic acid groups (broad SMARTS) is 1. The van der Waals surface area contributed by atoms with Crippen LogP contribution >= 0.6 is 0 Å². The number of carbonyl (C=O) groups excluding carboxylic acids is 1. The van der Waals surface area contributed by atoms with E-state index in [2.05, 4.69) is 12.2 Å². The molecule has 7 heteroatoms. The summed E-state index contributed by atoms with van der Waals surface area (Å²) in [4.78, 5) is 23.4. The van der Waals surface area contributed by atoms with E-state index in [0.717, 1.165) is 32.1 Å². The molecule has 0 radical (unpaired) electrons. The van der Waals surface area contributed by atoms with Crippen molar-refractivity contribution >= 4 is 11.9 Å². The van der Waals surface area contributed by atoms with Crippen LogP contribution < -0.4 is 5.32 Å². The lowest BCUT2D eigenvalue weighted by molar-refractivity contribution is -0.142. The Morgan fingerprint density at radius 2 is 1.77 bits per heavy atom. The predicted octanol–water partition coefficient (Wildman–Crippen LogP) is 2.32. The molecular formula is C19H29NO6. The summed E-state index contributed by atoms with van der Waals surface area (Å²) in [6, 6.07) is 2.81. The SMILES string of the molecule is CCCCCCCC(O)CC(=O)N[C@H](Cc1ccc(O)c(O)c1)C(=O)O. The number of hydrogen-bond donors (Lipinski definition) is 5. The largest absolute Gasteiger partial charge is 0.504 e. The monoisotopic (exact) mass is 367 g/mol. The molecule has 0 aromatic heterocycles. The number of rotatable bonds is 12. The van der Waals surface area contributed by atoms with E-state index in [0.29, 0.717) is 12.0 Å². The molecule has 26 heavy (non-hydrogen) atoms. The highest BCUT2D eigenvalue weighted by atomic mass is 16.4. The first kappa shape index (κ1) is 21.8. The molecule has 0 heterocycles. The summed E-state index contributed by atoms with van der Waals surface area (Å²) >= 11 is 0. The molecule has 0 aliphatic carbocycles. The van der Waals surface area contributed by atoms with Gasteiger partial charge in [-0.15, -0.1) is 0 Å². The van der Waals surface area contributed by atoms with Crippen molar-refractivity contribution in [1.29, 1.82) is 0 Å². The number of carbonyl (C=O) groups is 2. The summed E-state index contributed by atoms with van der Waals surface area (Å²) in [5.41, 5.74) is 0.462. The molecule has 1 amide bonds. The van der Waals surface area contributed by atoms with Crippen LogP contribution in [0.3, 0.4) is 0 Å². The fraction of sp³-hybridized carbons (Fsp3) is 0.579. The zero-order valence-electron chi connectivity index (χ0n) is 15.1. The molecule has 0 aliphatic heterocycles. The highest BCUT2D eigenvalue weighted by molar-refractivity contribution is 5.84. The zero-order chi connectivity index (χ0) is 19.5. The van der Waals surface area contributed by atoms with Gasteiger partial charge in [-0.05, 0) is 24.1 Å². The molecule has 146 valence electrons. The minimum Gasteiger partial charge on any atom is -0.504 e. The van der Waals surface area contributed by atoms with Crippen LogP contribution in [-0.2, 0) is 16.0 Å². The van der Waals surface area contributed by atoms with Crippen LogP contribution in [0.2, 0.25) is 0 Å². The van der Waals surface area contributed by atoms with E-state index in [-0.39, 0.29) is 24.3 Å². The van der Waals surface area contributed by atoms with Crippen molar-refractivity contribution < 1.29 is 30.0 Å². The lowest BCUT2D eigenvalue weighted by atomic mass is 10.0. The summed E-state index contributed by atoms with van der Waals surface area (Å²) in [5, 5.41) is 40.3. The number of aliphatic hydroxyl groups is 1. The van der Waals surface area contributed by atoms with Crippen molar-refractivity contribution in [2.75, 3.05) is 0 Å². The van der Waals surface area contributed by atoms with Gasteiger partial charge < -0.3 is 25.7 Å². The van der Waals surface area contributed by atoms with Crippen molar-refractivity contribution in [2.45, 2.75) is 70.4 Å². The number of phenols is 2. The third-order valence-corrected chi connectivity index (χ3v) is 4.17. The van der Waals surface area contributed by atoms with Crippen molar-refractivity contribution in [3.63, 3.8) is 0 Å². The molecular weight excluding hydrogens is 338 g/mol. The van der Waals surface area contributed by atoms with Crippen LogP contribution in [0.25, 0.3) is 0 Å². The molecule has 1 rings (SSSR count). The number of unbranched alkanes of at least 4 members (excludes halogenated alkanes) is 4. The first-order valence-corrected chi connectivity index (χ1v) is 9.04. The minimum absolute atomic E-state index is 0.0397. The van der Waals surface area contributed by atoms with Gasteiger partial charge in [-0.3, -0.25) is 4.79 Å². The normalized spacial score (nSPS) is 13.2. The molecule has 7 nitrogen and oxygen atoms in total. The van der Waals surface area contributed by atoms with Gasteiger partial charge in [0.2, 0.25) is 5.91 Å². The second-order valence-electron chi connectivity index (χ2n) is 6.55. The molecule has 2 atom stereocenters. The molecule has 0 bridgehead atoms.